The van der Waals surface area contributed by atoms with Crippen LogP contribution in [0, 0.1) is 11.8 Å². The molecule has 1 saturated carbocycles. The minimum absolute atomic E-state index is 0.0490. The monoisotopic (exact) mass is 418 g/mol. The molecule has 3 aliphatic rings. The maximum absolute atomic E-state index is 13.2. The maximum Gasteiger partial charge on any atom is 0.261 e. The quantitative estimate of drug-likeness (QED) is 0.668. The summed E-state index contributed by atoms with van der Waals surface area (Å²) in [6, 6.07) is 9.73. The third-order valence-corrected chi connectivity index (χ3v) is 7.55. The molecule has 1 aromatic carbocycles. The number of hydrogen-bond donors (Lipinski definition) is 2. The molecular formula is C24H26N4O3. The number of likely N-dealkylation sites (tertiary alicyclic amines) is 1. The van der Waals surface area contributed by atoms with Crippen LogP contribution in [0.1, 0.15) is 46.9 Å². The summed E-state index contributed by atoms with van der Waals surface area (Å²) >= 11 is 0. The minimum atomic E-state index is -0.475. The second kappa shape index (κ2) is 7.05. The van der Waals surface area contributed by atoms with Gasteiger partial charge < -0.3 is 19.6 Å². The number of nitrogens with one attached hydrogen (secondary N) is 1. The zero-order chi connectivity index (χ0) is 21.1. The Morgan fingerprint density at radius 2 is 1.94 bits per heavy atom. The second-order valence-corrected chi connectivity index (χ2v) is 9.35. The molecule has 2 aliphatic carbocycles. The molecule has 1 amide bonds. The summed E-state index contributed by atoms with van der Waals surface area (Å²) in [4.78, 5) is 35.0. The van der Waals surface area contributed by atoms with Gasteiger partial charge in [-0.2, -0.15) is 0 Å². The van der Waals surface area contributed by atoms with Gasteiger partial charge in [0.2, 0.25) is 0 Å². The molecule has 0 bridgehead atoms. The molecule has 4 atom stereocenters. The molecular weight excluding hydrogens is 392 g/mol. The van der Waals surface area contributed by atoms with E-state index in [4.69, 9.17) is 0 Å². The first kappa shape index (κ1) is 18.8. The molecule has 0 radical (unpaired) electrons. The van der Waals surface area contributed by atoms with Gasteiger partial charge in [0.15, 0.2) is 0 Å². The van der Waals surface area contributed by atoms with Gasteiger partial charge in [-0.05, 0) is 67.7 Å². The number of aliphatic hydroxyl groups is 1. The Morgan fingerprint density at radius 3 is 2.81 bits per heavy atom. The fourth-order valence-corrected chi connectivity index (χ4v) is 5.96. The van der Waals surface area contributed by atoms with E-state index < -0.39 is 6.10 Å². The van der Waals surface area contributed by atoms with Crippen LogP contribution < -0.4 is 5.56 Å². The number of aliphatic hydroxyl groups excluding tert-OH is 1. The fourth-order valence-electron chi connectivity index (χ4n) is 5.96. The van der Waals surface area contributed by atoms with Gasteiger partial charge in [0.1, 0.15) is 5.56 Å². The third kappa shape index (κ3) is 3.02. The van der Waals surface area contributed by atoms with Gasteiger partial charge in [-0.25, -0.2) is 4.98 Å². The molecule has 0 spiro atoms. The normalized spacial score (nSPS) is 27.5. The number of aromatic amines is 1. The number of carbonyl (C=O) groups is 1. The van der Waals surface area contributed by atoms with Crippen LogP contribution in [0.25, 0.3) is 11.0 Å². The van der Waals surface area contributed by atoms with E-state index in [0.717, 1.165) is 48.0 Å². The highest BCUT2D eigenvalue weighted by molar-refractivity contribution is 5.94. The lowest BCUT2D eigenvalue weighted by atomic mass is 9.77. The van der Waals surface area contributed by atoms with Crippen LogP contribution in [0.3, 0.4) is 0 Å². The Balaban J connectivity index is 1.24. The number of rotatable bonds is 2. The number of amides is 1. The largest absolute Gasteiger partial charge is 0.391 e. The molecule has 7 heteroatoms. The SMILES string of the molecule is O=C(c1cc2c([nH]c1=O)CCC2)N1C[C@H]2C[C@@H](n3cnc4ccccc43)[C@H](O)C[C@H]2C1. The lowest BCUT2D eigenvalue weighted by molar-refractivity contribution is 0.0374. The van der Waals surface area contributed by atoms with E-state index in [-0.39, 0.29) is 29.0 Å². The predicted molar refractivity (Wildman–Crippen MR) is 116 cm³/mol. The highest BCUT2D eigenvalue weighted by atomic mass is 16.3. The number of hydrogen-bond acceptors (Lipinski definition) is 4. The van der Waals surface area contributed by atoms with Crippen molar-refractivity contribution >= 4 is 16.9 Å². The molecule has 3 heterocycles. The lowest BCUT2D eigenvalue weighted by Gasteiger charge is -2.36. The van der Waals surface area contributed by atoms with E-state index in [9.17, 15) is 14.7 Å². The summed E-state index contributed by atoms with van der Waals surface area (Å²) in [5.74, 6) is 0.398. The van der Waals surface area contributed by atoms with Gasteiger partial charge in [0.25, 0.3) is 11.5 Å². The first-order valence-corrected chi connectivity index (χ1v) is 11.2. The number of carbonyl (C=O) groups excluding carboxylic acids is 1. The van der Waals surface area contributed by atoms with Crippen LogP contribution in [-0.2, 0) is 12.8 Å². The number of para-hydroxylation sites is 2. The summed E-state index contributed by atoms with van der Waals surface area (Å²) in [7, 11) is 0. The van der Waals surface area contributed by atoms with Crippen LogP contribution >= 0.6 is 0 Å². The van der Waals surface area contributed by atoms with E-state index in [1.165, 1.54) is 0 Å². The van der Waals surface area contributed by atoms with E-state index in [2.05, 4.69) is 14.5 Å². The Kier molecular flexibility index (Phi) is 4.28. The van der Waals surface area contributed by atoms with Crippen molar-refractivity contribution in [2.45, 2.75) is 44.2 Å². The highest BCUT2D eigenvalue weighted by Crippen LogP contribution is 2.42. The molecule has 6 rings (SSSR count). The number of benzene rings is 1. The van der Waals surface area contributed by atoms with Gasteiger partial charge in [0.05, 0.1) is 29.5 Å². The van der Waals surface area contributed by atoms with Crippen molar-refractivity contribution in [2.75, 3.05) is 13.1 Å². The molecule has 2 N–H and O–H groups in total. The summed E-state index contributed by atoms with van der Waals surface area (Å²) < 4.78 is 2.09. The molecule has 7 nitrogen and oxygen atoms in total. The smallest absolute Gasteiger partial charge is 0.261 e. The summed E-state index contributed by atoms with van der Waals surface area (Å²) in [5.41, 5.74) is 4.02. The number of imidazole rings is 1. The van der Waals surface area contributed by atoms with Crippen LogP contribution in [-0.4, -0.2) is 49.6 Å². The number of aromatic nitrogens is 3. The van der Waals surface area contributed by atoms with Crippen LogP contribution in [0.15, 0.2) is 41.5 Å². The number of nitrogens with zero attached hydrogens (tertiary/aromatic N) is 3. The molecule has 31 heavy (non-hydrogen) atoms. The molecule has 160 valence electrons. The second-order valence-electron chi connectivity index (χ2n) is 9.35. The first-order valence-electron chi connectivity index (χ1n) is 11.2. The standard InChI is InChI=1S/C24H26N4O3/c29-22-10-16-12-27(24(31)17-8-14-4-3-6-18(14)26-23(17)30)11-15(16)9-21(22)28-13-25-19-5-1-2-7-20(19)28/h1-2,5,7-8,13,15-16,21-22,29H,3-4,6,9-12H2,(H,26,30)/t15-,16+,21-,22-/m1/s1. The Labute approximate surface area is 179 Å². The molecule has 2 fully saturated rings. The molecule has 2 aromatic heterocycles. The van der Waals surface area contributed by atoms with Crippen molar-refractivity contribution in [2.24, 2.45) is 11.8 Å². The molecule has 0 unspecified atom stereocenters. The van der Waals surface area contributed by atoms with Crippen molar-refractivity contribution in [3.63, 3.8) is 0 Å². The zero-order valence-corrected chi connectivity index (χ0v) is 17.3. The van der Waals surface area contributed by atoms with Crippen LogP contribution in [0.5, 0.6) is 0 Å². The molecule has 1 aliphatic heterocycles. The van der Waals surface area contributed by atoms with E-state index in [0.29, 0.717) is 25.4 Å². The topological polar surface area (TPSA) is 91.2 Å². The lowest BCUT2D eigenvalue weighted by Crippen LogP contribution is -2.36. The summed E-state index contributed by atoms with van der Waals surface area (Å²) in [5, 5.41) is 10.9. The number of aryl methyl sites for hydroxylation is 2. The Bertz CT molecular complexity index is 1230. The maximum atomic E-state index is 13.2. The van der Waals surface area contributed by atoms with Crippen molar-refractivity contribution in [1.82, 2.24) is 19.4 Å². The Hall–Kier alpha value is -2.93. The van der Waals surface area contributed by atoms with Crippen molar-refractivity contribution in [3.8, 4) is 0 Å². The van der Waals surface area contributed by atoms with Crippen molar-refractivity contribution in [3.05, 3.63) is 63.8 Å². The third-order valence-electron chi connectivity index (χ3n) is 7.55. The van der Waals surface area contributed by atoms with Gasteiger partial charge in [-0.1, -0.05) is 12.1 Å². The average Bonchev–Trinajstić information content (AvgIpc) is 3.49. The zero-order valence-electron chi connectivity index (χ0n) is 17.3. The van der Waals surface area contributed by atoms with Crippen molar-refractivity contribution in [1.29, 1.82) is 0 Å². The average molecular weight is 418 g/mol. The number of pyridine rings is 1. The van der Waals surface area contributed by atoms with Gasteiger partial charge in [-0.3, -0.25) is 9.59 Å². The van der Waals surface area contributed by atoms with Crippen LogP contribution in [0.2, 0.25) is 0 Å². The Morgan fingerprint density at radius 1 is 1.13 bits per heavy atom. The highest BCUT2D eigenvalue weighted by Gasteiger charge is 2.44. The van der Waals surface area contributed by atoms with Gasteiger partial charge >= 0.3 is 0 Å². The predicted octanol–water partition coefficient (Wildman–Crippen LogP) is 2.30. The van der Waals surface area contributed by atoms with Crippen LogP contribution in [0.4, 0.5) is 0 Å². The van der Waals surface area contributed by atoms with Gasteiger partial charge in [-0.15, -0.1) is 0 Å². The first-order chi connectivity index (χ1) is 15.1. The number of fused-ring (bicyclic) bond motifs is 3. The van der Waals surface area contributed by atoms with Crippen molar-refractivity contribution < 1.29 is 9.90 Å². The van der Waals surface area contributed by atoms with Gasteiger partial charge in [0, 0.05) is 18.8 Å². The number of H-pyrrole nitrogens is 1. The fraction of sp³-hybridized carbons (Fsp3) is 0.458. The van der Waals surface area contributed by atoms with E-state index in [1.54, 1.807) is 6.07 Å². The summed E-state index contributed by atoms with van der Waals surface area (Å²) in [6.45, 7) is 1.24. The molecule has 3 aromatic rings. The minimum Gasteiger partial charge on any atom is -0.391 e. The summed E-state index contributed by atoms with van der Waals surface area (Å²) in [6.07, 6.45) is 5.64. The van der Waals surface area contributed by atoms with E-state index in [1.807, 2.05) is 35.5 Å². The van der Waals surface area contributed by atoms with E-state index >= 15 is 0 Å². The molecule has 1 saturated heterocycles.